The largest absolute Gasteiger partial charge is 0.480 e. The number of carbonyl (C=O) groups excluding carboxylic acids is 1. The first kappa shape index (κ1) is 15.7. The standard InChI is InChI=1S/C13H20N4O3S/c1-10(12-14-2-7-21-12)8-15-13(20)17-5-3-16(4-6-17)9-11(18)19/h2,7,10H,3-6,8-9H2,1H3,(H,15,20)(H,18,19). The summed E-state index contributed by atoms with van der Waals surface area (Å²) >= 11 is 1.59. The number of nitrogens with zero attached hydrogens (tertiary/aromatic N) is 3. The average molecular weight is 312 g/mol. The molecule has 1 aromatic heterocycles. The zero-order valence-corrected chi connectivity index (χ0v) is 12.8. The molecule has 116 valence electrons. The lowest BCUT2D eigenvalue weighted by Gasteiger charge is -2.33. The zero-order chi connectivity index (χ0) is 15.2. The SMILES string of the molecule is CC(CNC(=O)N1CCN(CC(=O)O)CC1)c1nccs1. The fraction of sp³-hybridized carbons (Fsp3) is 0.615. The smallest absolute Gasteiger partial charge is 0.317 e. The molecule has 2 amide bonds. The summed E-state index contributed by atoms with van der Waals surface area (Å²) in [5, 5.41) is 14.6. The fourth-order valence-corrected chi connectivity index (χ4v) is 2.92. The molecule has 1 aliphatic heterocycles. The van der Waals surface area contributed by atoms with Gasteiger partial charge in [0, 0.05) is 50.2 Å². The first-order valence-electron chi connectivity index (χ1n) is 6.92. The van der Waals surface area contributed by atoms with Gasteiger partial charge in [-0.3, -0.25) is 9.69 Å². The van der Waals surface area contributed by atoms with Gasteiger partial charge in [0.05, 0.1) is 11.6 Å². The molecule has 0 saturated carbocycles. The molecule has 0 radical (unpaired) electrons. The number of carboxylic acid groups (broad SMARTS) is 1. The molecule has 8 heteroatoms. The number of piperazine rings is 1. The molecule has 0 spiro atoms. The highest BCUT2D eigenvalue weighted by molar-refractivity contribution is 7.09. The summed E-state index contributed by atoms with van der Waals surface area (Å²) < 4.78 is 0. The lowest BCUT2D eigenvalue weighted by molar-refractivity contribution is -0.138. The van der Waals surface area contributed by atoms with E-state index in [0.717, 1.165) is 5.01 Å². The van der Waals surface area contributed by atoms with E-state index < -0.39 is 5.97 Å². The number of hydrogen-bond acceptors (Lipinski definition) is 5. The van der Waals surface area contributed by atoms with Gasteiger partial charge in [-0.1, -0.05) is 6.92 Å². The molecule has 1 saturated heterocycles. The Morgan fingerprint density at radius 3 is 2.71 bits per heavy atom. The minimum atomic E-state index is -0.829. The molecule has 21 heavy (non-hydrogen) atoms. The van der Waals surface area contributed by atoms with Crippen molar-refractivity contribution >= 4 is 23.3 Å². The van der Waals surface area contributed by atoms with Crippen LogP contribution in [-0.2, 0) is 4.79 Å². The Balaban J connectivity index is 1.71. The first-order valence-corrected chi connectivity index (χ1v) is 7.80. The van der Waals surface area contributed by atoms with E-state index in [1.807, 2.05) is 17.2 Å². The summed E-state index contributed by atoms with van der Waals surface area (Å²) in [5.74, 6) is -0.632. The van der Waals surface area contributed by atoms with Crippen molar-refractivity contribution in [3.05, 3.63) is 16.6 Å². The summed E-state index contributed by atoms with van der Waals surface area (Å²) in [6.45, 7) is 4.95. The van der Waals surface area contributed by atoms with E-state index in [1.54, 1.807) is 22.4 Å². The lowest BCUT2D eigenvalue weighted by atomic mass is 10.2. The zero-order valence-electron chi connectivity index (χ0n) is 12.0. The molecule has 2 N–H and O–H groups in total. The van der Waals surface area contributed by atoms with Gasteiger partial charge in [-0.25, -0.2) is 9.78 Å². The van der Waals surface area contributed by atoms with Gasteiger partial charge < -0.3 is 15.3 Å². The van der Waals surface area contributed by atoms with Gasteiger partial charge in [0.25, 0.3) is 0 Å². The minimum Gasteiger partial charge on any atom is -0.480 e. The van der Waals surface area contributed by atoms with Crippen molar-refractivity contribution in [1.82, 2.24) is 20.1 Å². The molecule has 1 aliphatic rings. The normalized spacial score (nSPS) is 17.5. The van der Waals surface area contributed by atoms with Crippen molar-refractivity contribution in [1.29, 1.82) is 0 Å². The third-order valence-corrected chi connectivity index (χ3v) is 4.46. The van der Waals surface area contributed by atoms with Gasteiger partial charge in [0.15, 0.2) is 0 Å². The monoisotopic (exact) mass is 312 g/mol. The van der Waals surface area contributed by atoms with Crippen molar-refractivity contribution < 1.29 is 14.7 Å². The summed E-state index contributed by atoms with van der Waals surface area (Å²) in [4.78, 5) is 30.5. The molecule has 1 aromatic rings. The summed E-state index contributed by atoms with van der Waals surface area (Å²) in [5.41, 5.74) is 0. The molecule has 1 atom stereocenters. The lowest BCUT2D eigenvalue weighted by Crippen LogP contribution is -2.52. The molecule has 7 nitrogen and oxygen atoms in total. The summed E-state index contributed by atoms with van der Waals surface area (Å²) in [6.07, 6.45) is 1.76. The average Bonchev–Trinajstić information content (AvgIpc) is 2.99. The van der Waals surface area contributed by atoms with E-state index in [0.29, 0.717) is 32.7 Å². The van der Waals surface area contributed by atoms with Crippen molar-refractivity contribution in [2.75, 3.05) is 39.3 Å². The maximum absolute atomic E-state index is 12.1. The predicted octanol–water partition coefficient (Wildman–Crippen LogP) is 0.658. The number of hydrogen-bond donors (Lipinski definition) is 2. The van der Waals surface area contributed by atoms with Gasteiger partial charge in [0.1, 0.15) is 0 Å². The van der Waals surface area contributed by atoms with Crippen molar-refractivity contribution in [3.8, 4) is 0 Å². The van der Waals surface area contributed by atoms with Gasteiger partial charge in [0.2, 0.25) is 0 Å². The predicted molar refractivity (Wildman–Crippen MR) is 79.6 cm³/mol. The van der Waals surface area contributed by atoms with Gasteiger partial charge in [-0.2, -0.15) is 0 Å². The second-order valence-electron chi connectivity index (χ2n) is 5.11. The van der Waals surface area contributed by atoms with E-state index in [2.05, 4.69) is 10.3 Å². The number of rotatable bonds is 5. The van der Waals surface area contributed by atoms with Crippen molar-refractivity contribution in [2.45, 2.75) is 12.8 Å². The molecule has 1 unspecified atom stereocenters. The highest BCUT2D eigenvalue weighted by Gasteiger charge is 2.22. The number of thiazole rings is 1. The van der Waals surface area contributed by atoms with Gasteiger partial charge in [-0.15, -0.1) is 11.3 Å². The van der Waals surface area contributed by atoms with Crippen molar-refractivity contribution in [3.63, 3.8) is 0 Å². The highest BCUT2D eigenvalue weighted by atomic mass is 32.1. The van der Waals surface area contributed by atoms with Crippen LogP contribution in [0.25, 0.3) is 0 Å². The topological polar surface area (TPSA) is 85.8 Å². The fourth-order valence-electron chi connectivity index (χ4n) is 2.22. The summed E-state index contributed by atoms with van der Waals surface area (Å²) in [7, 11) is 0. The van der Waals surface area contributed by atoms with Crippen LogP contribution in [0.2, 0.25) is 0 Å². The number of nitrogens with one attached hydrogen (secondary N) is 1. The van der Waals surface area contributed by atoms with Crippen LogP contribution in [0.1, 0.15) is 17.8 Å². The Labute approximate surface area is 127 Å². The van der Waals surface area contributed by atoms with E-state index in [-0.39, 0.29) is 18.5 Å². The maximum atomic E-state index is 12.1. The van der Waals surface area contributed by atoms with E-state index in [9.17, 15) is 9.59 Å². The van der Waals surface area contributed by atoms with Crippen LogP contribution in [0.4, 0.5) is 4.79 Å². The Hall–Kier alpha value is -1.67. The number of carbonyl (C=O) groups is 2. The Kier molecular flexibility index (Phi) is 5.51. The van der Waals surface area contributed by atoms with Gasteiger partial charge in [-0.05, 0) is 0 Å². The highest BCUT2D eigenvalue weighted by Crippen LogP contribution is 2.16. The molecule has 0 aliphatic carbocycles. The molecular formula is C13H20N4O3S. The molecule has 1 fully saturated rings. The van der Waals surface area contributed by atoms with Crippen LogP contribution in [-0.4, -0.2) is 71.2 Å². The molecule has 2 rings (SSSR count). The Morgan fingerprint density at radius 1 is 1.43 bits per heavy atom. The van der Waals surface area contributed by atoms with Crippen LogP contribution in [0, 0.1) is 0 Å². The number of carboxylic acids is 1. The third kappa shape index (κ3) is 4.68. The van der Waals surface area contributed by atoms with Crippen LogP contribution < -0.4 is 5.32 Å². The van der Waals surface area contributed by atoms with E-state index in [4.69, 9.17) is 5.11 Å². The number of aliphatic carboxylic acids is 1. The minimum absolute atomic E-state index is 0.0382. The van der Waals surface area contributed by atoms with Crippen LogP contribution >= 0.6 is 11.3 Å². The van der Waals surface area contributed by atoms with E-state index in [1.165, 1.54) is 0 Å². The molecule has 2 heterocycles. The maximum Gasteiger partial charge on any atom is 0.317 e. The quantitative estimate of drug-likeness (QED) is 0.834. The van der Waals surface area contributed by atoms with Crippen LogP contribution in [0.15, 0.2) is 11.6 Å². The third-order valence-electron chi connectivity index (χ3n) is 3.45. The second kappa shape index (κ2) is 7.37. The van der Waals surface area contributed by atoms with Gasteiger partial charge >= 0.3 is 12.0 Å². The second-order valence-corrected chi connectivity index (χ2v) is 6.04. The number of aromatic nitrogens is 1. The molecule has 0 bridgehead atoms. The van der Waals surface area contributed by atoms with E-state index >= 15 is 0 Å². The number of urea groups is 1. The Morgan fingerprint density at radius 2 is 2.14 bits per heavy atom. The summed E-state index contributed by atoms with van der Waals surface area (Å²) in [6, 6.07) is -0.0895. The first-order chi connectivity index (χ1) is 10.1. The van der Waals surface area contributed by atoms with Crippen LogP contribution in [0.5, 0.6) is 0 Å². The molecule has 0 aromatic carbocycles. The molecular weight excluding hydrogens is 292 g/mol. The van der Waals surface area contributed by atoms with Crippen molar-refractivity contribution in [2.24, 2.45) is 0 Å². The number of amides is 2. The van der Waals surface area contributed by atoms with Crippen LogP contribution in [0.3, 0.4) is 0 Å². The Bertz CT molecular complexity index is 472.